The molecule has 5 nitrogen and oxygen atoms in total. The van der Waals surface area contributed by atoms with Crippen molar-refractivity contribution in [2.75, 3.05) is 13.1 Å². The van der Waals surface area contributed by atoms with Crippen molar-refractivity contribution in [3.05, 3.63) is 0 Å². The van der Waals surface area contributed by atoms with Crippen molar-refractivity contribution in [3.8, 4) is 0 Å². The van der Waals surface area contributed by atoms with E-state index in [1.807, 2.05) is 0 Å². The molecule has 1 rings (SSSR count). The van der Waals surface area contributed by atoms with Crippen molar-refractivity contribution in [2.24, 2.45) is 0 Å². The van der Waals surface area contributed by atoms with E-state index in [9.17, 15) is 19.5 Å². The molecule has 1 aliphatic rings. The molecule has 60 valence electrons. The Hall–Kier alpha value is -1.39. The first kappa shape index (κ1) is 7.71. The average molecular weight is 156 g/mol. The summed E-state index contributed by atoms with van der Waals surface area (Å²) in [7, 11) is 0. The van der Waals surface area contributed by atoms with Gasteiger partial charge < -0.3 is 14.8 Å². The number of carbonyl (C=O) groups excluding carboxylic acids is 3. The van der Waals surface area contributed by atoms with Gasteiger partial charge in [0, 0.05) is 0 Å². The first-order valence-corrected chi connectivity index (χ1v) is 3.09. The molecule has 0 aromatic rings. The number of ketones is 2. The molecule has 5 heteroatoms. The monoisotopic (exact) mass is 156 g/mol. The van der Waals surface area contributed by atoms with Gasteiger partial charge in [-0.05, 0) is 0 Å². The summed E-state index contributed by atoms with van der Waals surface area (Å²) in [4.78, 5) is 32.1. The number of carboxylic acid groups (broad SMARTS) is 1. The van der Waals surface area contributed by atoms with Crippen molar-refractivity contribution < 1.29 is 19.5 Å². The third-order valence-electron chi connectivity index (χ3n) is 1.39. The van der Waals surface area contributed by atoms with E-state index in [4.69, 9.17) is 0 Å². The molecule has 1 saturated heterocycles. The number of hydrogen-bond acceptors (Lipinski definition) is 4. The van der Waals surface area contributed by atoms with Gasteiger partial charge in [-0.3, -0.25) is 9.59 Å². The molecular weight excluding hydrogens is 150 g/mol. The summed E-state index contributed by atoms with van der Waals surface area (Å²) >= 11 is 0. The largest absolute Gasteiger partial charge is 0.530 e. The molecule has 1 fully saturated rings. The highest BCUT2D eigenvalue weighted by Gasteiger charge is 2.22. The fourth-order valence-corrected chi connectivity index (χ4v) is 0.942. The summed E-state index contributed by atoms with van der Waals surface area (Å²) in [6.07, 6.45) is -1.62. The zero-order valence-corrected chi connectivity index (χ0v) is 5.70. The number of amides is 1. The third-order valence-corrected chi connectivity index (χ3v) is 1.39. The van der Waals surface area contributed by atoms with Crippen LogP contribution in [0.25, 0.3) is 0 Å². The van der Waals surface area contributed by atoms with Crippen LogP contribution in [0.1, 0.15) is 6.42 Å². The predicted octanol–water partition coefficient (Wildman–Crippen LogP) is -1.83. The molecular formula is C6H6NO4-. The maximum absolute atomic E-state index is 10.6. The van der Waals surface area contributed by atoms with Crippen molar-refractivity contribution >= 4 is 17.7 Å². The van der Waals surface area contributed by atoms with E-state index in [2.05, 4.69) is 0 Å². The van der Waals surface area contributed by atoms with Crippen LogP contribution in [0.2, 0.25) is 0 Å². The van der Waals surface area contributed by atoms with Crippen LogP contribution in [0.15, 0.2) is 0 Å². The predicted molar refractivity (Wildman–Crippen MR) is 31.6 cm³/mol. The Kier molecular flexibility index (Phi) is 1.89. The first-order chi connectivity index (χ1) is 5.09. The number of piperidine rings is 1. The summed E-state index contributed by atoms with van der Waals surface area (Å²) < 4.78 is 0. The normalized spacial score (nSPS) is 18.7. The maximum Gasteiger partial charge on any atom is 0.159 e. The van der Waals surface area contributed by atoms with Gasteiger partial charge in [-0.2, -0.15) is 0 Å². The van der Waals surface area contributed by atoms with Crippen LogP contribution in [0.5, 0.6) is 0 Å². The van der Waals surface area contributed by atoms with Crippen LogP contribution >= 0.6 is 0 Å². The second kappa shape index (κ2) is 2.69. The van der Waals surface area contributed by atoms with Crippen LogP contribution in [0, 0.1) is 0 Å². The van der Waals surface area contributed by atoms with E-state index in [1.165, 1.54) is 0 Å². The van der Waals surface area contributed by atoms with Crippen molar-refractivity contribution in [3.63, 3.8) is 0 Å². The third kappa shape index (κ3) is 1.76. The first-order valence-electron chi connectivity index (χ1n) is 3.09. The van der Waals surface area contributed by atoms with Gasteiger partial charge in [0.1, 0.15) is 6.09 Å². The van der Waals surface area contributed by atoms with Gasteiger partial charge in [0.2, 0.25) is 0 Å². The Balaban J connectivity index is 2.63. The minimum Gasteiger partial charge on any atom is -0.530 e. The maximum atomic E-state index is 10.6. The molecule has 0 atom stereocenters. The summed E-state index contributed by atoms with van der Waals surface area (Å²) in [5.74, 6) is -0.740. The average Bonchev–Trinajstić information content (AvgIpc) is 1.85. The Labute approximate surface area is 62.6 Å². The molecule has 0 unspecified atom stereocenters. The Bertz CT molecular complexity index is 207. The zero-order chi connectivity index (χ0) is 8.43. The standard InChI is InChI=1S/C6H7NO4/c8-4-1-5(9)3-7(2-4)6(10)11/h1-3H2,(H,10,11)/p-1. The van der Waals surface area contributed by atoms with Crippen molar-refractivity contribution in [1.82, 2.24) is 4.90 Å². The highest BCUT2D eigenvalue weighted by atomic mass is 16.4. The molecule has 0 aromatic heterocycles. The number of Topliss-reactive ketones (excluding diaryl/α,β-unsaturated/α-hetero) is 2. The van der Waals surface area contributed by atoms with Gasteiger partial charge in [-0.25, -0.2) is 0 Å². The molecule has 0 saturated carbocycles. The highest BCUT2D eigenvalue weighted by Crippen LogP contribution is 2.01. The summed E-state index contributed by atoms with van der Waals surface area (Å²) in [5, 5.41) is 10.2. The molecule has 1 amide bonds. The van der Waals surface area contributed by atoms with Gasteiger partial charge in [-0.1, -0.05) is 0 Å². The lowest BCUT2D eigenvalue weighted by molar-refractivity contribution is -0.265. The molecule has 0 bridgehead atoms. The lowest BCUT2D eigenvalue weighted by Crippen LogP contribution is -2.50. The van der Waals surface area contributed by atoms with E-state index in [0.717, 1.165) is 0 Å². The minimum absolute atomic E-state index is 0.149. The van der Waals surface area contributed by atoms with Crippen LogP contribution in [-0.4, -0.2) is 35.6 Å². The number of nitrogens with zero attached hydrogens (tertiary/aromatic N) is 1. The molecule has 0 aromatic carbocycles. The van der Waals surface area contributed by atoms with Gasteiger partial charge >= 0.3 is 0 Å². The van der Waals surface area contributed by atoms with E-state index in [-0.39, 0.29) is 31.1 Å². The second-order valence-corrected chi connectivity index (χ2v) is 2.38. The smallest absolute Gasteiger partial charge is 0.159 e. The number of likely N-dealkylation sites (tertiary alicyclic amines) is 1. The fraction of sp³-hybridized carbons (Fsp3) is 0.500. The van der Waals surface area contributed by atoms with E-state index < -0.39 is 6.09 Å². The van der Waals surface area contributed by atoms with Crippen LogP contribution < -0.4 is 5.11 Å². The van der Waals surface area contributed by atoms with E-state index in [0.29, 0.717) is 4.90 Å². The van der Waals surface area contributed by atoms with Crippen LogP contribution in [-0.2, 0) is 9.59 Å². The van der Waals surface area contributed by atoms with Crippen LogP contribution in [0.4, 0.5) is 4.79 Å². The minimum atomic E-state index is -1.47. The zero-order valence-electron chi connectivity index (χ0n) is 5.70. The lowest BCUT2D eigenvalue weighted by atomic mass is 10.1. The number of rotatable bonds is 0. The molecule has 11 heavy (non-hydrogen) atoms. The Morgan fingerprint density at radius 1 is 1.27 bits per heavy atom. The highest BCUT2D eigenvalue weighted by molar-refractivity contribution is 6.04. The van der Waals surface area contributed by atoms with E-state index in [1.54, 1.807) is 0 Å². The van der Waals surface area contributed by atoms with Gasteiger partial charge in [0.05, 0.1) is 19.5 Å². The van der Waals surface area contributed by atoms with Gasteiger partial charge in [0.15, 0.2) is 11.6 Å². The van der Waals surface area contributed by atoms with Crippen molar-refractivity contribution in [2.45, 2.75) is 6.42 Å². The lowest BCUT2D eigenvalue weighted by Gasteiger charge is -2.26. The Morgan fingerprint density at radius 2 is 1.73 bits per heavy atom. The molecule has 0 spiro atoms. The van der Waals surface area contributed by atoms with Crippen molar-refractivity contribution in [1.29, 1.82) is 0 Å². The quantitative estimate of drug-likeness (QED) is 0.386. The summed E-state index contributed by atoms with van der Waals surface area (Å²) in [6.45, 7) is -0.428. The Morgan fingerprint density at radius 3 is 2.09 bits per heavy atom. The van der Waals surface area contributed by atoms with E-state index >= 15 is 0 Å². The molecule has 1 aliphatic heterocycles. The number of carbonyl (C=O) groups is 3. The molecule has 0 aliphatic carbocycles. The number of hydrogen-bond donors (Lipinski definition) is 0. The molecule has 1 heterocycles. The summed E-state index contributed by atoms with van der Waals surface area (Å²) in [6, 6.07) is 0. The SMILES string of the molecule is O=C1CC(=O)CN(C(=O)[O-])C1. The van der Waals surface area contributed by atoms with Gasteiger partial charge in [-0.15, -0.1) is 0 Å². The van der Waals surface area contributed by atoms with Crippen LogP contribution in [0.3, 0.4) is 0 Å². The topological polar surface area (TPSA) is 77.5 Å². The summed E-state index contributed by atoms with van der Waals surface area (Å²) in [5.41, 5.74) is 0. The molecule has 0 N–H and O–H groups in total. The molecule has 0 radical (unpaired) electrons. The van der Waals surface area contributed by atoms with Gasteiger partial charge in [0.25, 0.3) is 0 Å². The fourth-order valence-electron chi connectivity index (χ4n) is 0.942. The second-order valence-electron chi connectivity index (χ2n) is 2.38.